The van der Waals surface area contributed by atoms with E-state index >= 15 is 0 Å². The predicted octanol–water partition coefficient (Wildman–Crippen LogP) is 3.46. The third kappa shape index (κ3) is 5.81. The molecule has 0 unspecified atom stereocenters. The van der Waals surface area contributed by atoms with E-state index in [9.17, 15) is 4.79 Å². The number of piperidine rings is 1. The Balaban J connectivity index is 1.60. The molecule has 0 saturated carbocycles. The molecule has 0 atom stereocenters. The number of carbonyl (C=O) groups is 1. The quantitative estimate of drug-likeness (QED) is 0.683. The first-order valence-electron chi connectivity index (χ1n) is 10.5. The zero-order valence-electron chi connectivity index (χ0n) is 17.6. The van der Waals surface area contributed by atoms with Gasteiger partial charge in [-0.05, 0) is 62.7 Å². The van der Waals surface area contributed by atoms with Crippen molar-refractivity contribution in [2.45, 2.75) is 26.3 Å². The summed E-state index contributed by atoms with van der Waals surface area (Å²) in [6.45, 7) is 7.20. The number of anilines is 1. The van der Waals surface area contributed by atoms with E-state index in [1.54, 1.807) is 7.11 Å². The van der Waals surface area contributed by atoms with E-state index in [1.165, 1.54) is 5.56 Å². The average Bonchev–Trinajstić information content (AvgIpc) is 2.77. The van der Waals surface area contributed by atoms with E-state index in [-0.39, 0.29) is 11.3 Å². The lowest BCUT2D eigenvalue weighted by molar-refractivity contribution is 0.0512. The molecule has 5 heteroatoms. The van der Waals surface area contributed by atoms with Crippen molar-refractivity contribution in [3.63, 3.8) is 0 Å². The van der Waals surface area contributed by atoms with Gasteiger partial charge in [-0.25, -0.2) is 0 Å². The number of carbonyl (C=O) groups excluding carboxylic acids is 1. The molecule has 3 rings (SSSR count). The van der Waals surface area contributed by atoms with Gasteiger partial charge in [0.25, 0.3) is 5.91 Å². The lowest BCUT2D eigenvalue weighted by Gasteiger charge is -2.37. The molecule has 1 heterocycles. The topological polar surface area (TPSA) is 53.6 Å². The minimum absolute atomic E-state index is 0.0170. The first-order valence-corrected chi connectivity index (χ1v) is 10.5. The van der Waals surface area contributed by atoms with Crippen LogP contribution in [0, 0.1) is 5.41 Å². The molecule has 1 aliphatic heterocycles. The van der Waals surface area contributed by atoms with Crippen LogP contribution in [0.1, 0.15) is 35.7 Å². The molecule has 0 aliphatic carbocycles. The van der Waals surface area contributed by atoms with E-state index in [1.807, 2.05) is 30.3 Å². The van der Waals surface area contributed by atoms with Crippen LogP contribution in [0.4, 0.5) is 5.69 Å². The number of benzene rings is 2. The van der Waals surface area contributed by atoms with Gasteiger partial charge < -0.3 is 20.3 Å². The Labute approximate surface area is 174 Å². The van der Waals surface area contributed by atoms with E-state index < -0.39 is 0 Å². The summed E-state index contributed by atoms with van der Waals surface area (Å²) >= 11 is 0. The maximum atomic E-state index is 12.7. The van der Waals surface area contributed by atoms with Crippen molar-refractivity contribution in [3.05, 3.63) is 65.7 Å². The lowest BCUT2D eigenvalue weighted by Crippen LogP contribution is -2.47. The summed E-state index contributed by atoms with van der Waals surface area (Å²) in [6, 6.07) is 18.4. The van der Waals surface area contributed by atoms with Crippen LogP contribution in [0.3, 0.4) is 0 Å². The van der Waals surface area contributed by atoms with Gasteiger partial charge in [0.2, 0.25) is 0 Å². The molecule has 2 aromatic rings. The summed E-state index contributed by atoms with van der Waals surface area (Å²) in [5, 5.41) is 6.52. The fourth-order valence-corrected chi connectivity index (χ4v) is 4.02. The van der Waals surface area contributed by atoms with Crippen LogP contribution in [-0.4, -0.2) is 45.8 Å². The molecular weight excluding hydrogens is 362 g/mol. The Morgan fingerprint density at radius 3 is 2.41 bits per heavy atom. The molecule has 0 spiro atoms. The number of nitrogens with zero attached hydrogens (tertiary/aromatic N) is 1. The Morgan fingerprint density at radius 2 is 1.79 bits per heavy atom. The average molecular weight is 396 g/mol. The van der Waals surface area contributed by atoms with E-state index in [4.69, 9.17) is 4.74 Å². The summed E-state index contributed by atoms with van der Waals surface area (Å²) in [5.74, 6) is -0.0170. The largest absolute Gasteiger partial charge is 0.384 e. The first kappa shape index (κ1) is 21.3. The second-order valence-electron chi connectivity index (χ2n) is 7.91. The SMILES string of the molecule is CCN(Cc1ccccc1)c1ccc(C(=O)NCC2(COC)CCNCC2)cc1. The Bertz CT molecular complexity index is 750. The lowest BCUT2D eigenvalue weighted by atomic mass is 9.79. The van der Waals surface area contributed by atoms with Crippen LogP contribution in [0.15, 0.2) is 54.6 Å². The van der Waals surface area contributed by atoms with Crippen LogP contribution < -0.4 is 15.5 Å². The maximum absolute atomic E-state index is 12.7. The predicted molar refractivity (Wildman–Crippen MR) is 118 cm³/mol. The molecule has 1 amide bonds. The smallest absolute Gasteiger partial charge is 0.251 e. The van der Waals surface area contributed by atoms with Gasteiger partial charge in [-0.2, -0.15) is 0 Å². The highest BCUT2D eigenvalue weighted by molar-refractivity contribution is 5.94. The van der Waals surface area contributed by atoms with Crippen molar-refractivity contribution in [1.29, 1.82) is 0 Å². The summed E-state index contributed by atoms with van der Waals surface area (Å²) < 4.78 is 5.44. The third-order valence-corrected chi connectivity index (χ3v) is 5.83. The van der Waals surface area contributed by atoms with Gasteiger partial charge in [-0.1, -0.05) is 30.3 Å². The Morgan fingerprint density at radius 1 is 1.10 bits per heavy atom. The molecule has 0 aromatic heterocycles. The normalized spacial score (nSPS) is 15.7. The van der Waals surface area contributed by atoms with Crippen molar-refractivity contribution in [3.8, 4) is 0 Å². The minimum atomic E-state index is -0.0170. The monoisotopic (exact) mass is 395 g/mol. The highest BCUT2D eigenvalue weighted by atomic mass is 16.5. The summed E-state index contributed by atoms with van der Waals surface area (Å²) in [4.78, 5) is 15.0. The summed E-state index contributed by atoms with van der Waals surface area (Å²) in [6.07, 6.45) is 2.04. The zero-order chi connectivity index (χ0) is 20.5. The van der Waals surface area contributed by atoms with Crippen molar-refractivity contribution in [1.82, 2.24) is 10.6 Å². The number of amides is 1. The van der Waals surface area contributed by atoms with Gasteiger partial charge >= 0.3 is 0 Å². The Hall–Kier alpha value is -2.37. The molecule has 29 heavy (non-hydrogen) atoms. The fraction of sp³-hybridized carbons (Fsp3) is 0.458. The molecule has 2 aromatic carbocycles. The van der Waals surface area contributed by atoms with Crippen LogP contribution in [0.5, 0.6) is 0 Å². The number of hydrogen-bond donors (Lipinski definition) is 2. The maximum Gasteiger partial charge on any atom is 0.251 e. The van der Waals surface area contributed by atoms with Gasteiger partial charge in [0, 0.05) is 43.4 Å². The second-order valence-corrected chi connectivity index (χ2v) is 7.91. The molecule has 0 radical (unpaired) electrons. The number of hydrogen-bond acceptors (Lipinski definition) is 4. The van der Waals surface area contributed by atoms with Crippen molar-refractivity contribution < 1.29 is 9.53 Å². The summed E-state index contributed by atoms with van der Waals surface area (Å²) in [5.41, 5.74) is 3.14. The van der Waals surface area contributed by atoms with Crippen molar-refractivity contribution in [2.24, 2.45) is 5.41 Å². The van der Waals surface area contributed by atoms with Crippen LogP contribution in [0.25, 0.3) is 0 Å². The van der Waals surface area contributed by atoms with Crippen molar-refractivity contribution in [2.75, 3.05) is 44.8 Å². The fourth-order valence-electron chi connectivity index (χ4n) is 4.02. The molecule has 5 nitrogen and oxygen atoms in total. The summed E-state index contributed by atoms with van der Waals surface area (Å²) in [7, 11) is 1.74. The zero-order valence-corrected chi connectivity index (χ0v) is 17.6. The molecule has 0 bridgehead atoms. The van der Waals surface area contributed by atoms with Gasteiger partial charge in [0.05, 0.1) is 6.61 Å². The Kier molecular flexibility index (Phi) is 7.67. The van der Waals surface area contributed by atoms with Crippen LogP contribution in [-0.2, 0) is 11.3 Å². The van der Waals surface area contributed by atoms with E-state index in [0.717, 1.165) is 44.7 Å². The third-order valence-electron chi connectivity index (χ3n) is 5.83. The molecule has 2 N–H and O–H groups in total. The first-order chi connectivity index (χ1) is 14.2. The van der Waals surface area contributed by atoms with E-state index in [2.05, 4.69) is 46.7 Å². The molecule has 1 saturated heterocycles. The molecular formula is C24H33N3O2. The number of methoxy groups -OCH3 is 1. The van der Waals surface area contributed by atoms with Gasteiger partial charge in [0.15, 0.2) is 0 Å². The molecule has 1 fully saturated rings. The van der Waals surface area contributed by atoms with Crippen LogP contribution in [0.2, 0.25) is 0 Å². The highest BCUT2D eigenvalue weighted by Gasteiger charge is 2.32. The minimum Gasteiger partial charge on any atom is -0.384 e. The van der Waals surface area contributed by atoms with Gasteiger partial charge in [-0.15, -0.1) is 0 Å². The highest BCUT2D eigenvalue weighted by Crippen LogP contribution is 2.28. The van der Waals surface area contributed by atoms with Gasteiger partial charge in [0.1, 0.15) is 0 Å². The number of ether oxygens (including phenoxy) is 1. The van der Waals surface area contributed by atoms with E-state index in [0.29, 0.717) is 18.7 Å². The van der Waals surface area contributed by atoms with Gasteiger partial charge in [-0.3, -0.25) is 4.79 Å². The van der Waals surface area contributed by atoms with Crippen molar-refractivity contribution >= 4 is 11.6 Å². The van der Waals surface area contributed by atoms with Crippen LogP contribution >= 0.6 is 0 Å². The molecule has 156 valence electrons. The number of rotatable bonds is 9. The standard InChI is InChI=1S/C24H33N3O2/c1-3-27(17-20-7-5-4-6-8-20)22-11-9-21(10-12-22)23(28)26-18-24(19-29-2)13-15-25-16-14-24/h4-12,25H,3,13-19H2,1-2H3,(H,26,28). The number of nitrogens with one attached hydrogen (secondary N) is 2. The second kappa shape index (κ2) is 10.4. The molecule has 1 aliphatic rings.